The van der Waals surface area contributed by atoms with E-state index >= 15 is 0 Å². The average Bonchev–Trinajstić information content (AvgIpc) is 2.38. The summed E-state index contributed by atoms with van der Waals surface area (Å²) < 4.78 is 0. The molecule has 16 heavy (non-hydrogen) atoms. The summed E-state index contributed by atoms with van der Waals surface area (Å²) in [5.41, 5.74) is 2.77. The van der Waals surface area contributed by atoms with Crippen molar-refractivity contribution < 1.29 is 0 Å². The fourth-order valence-corrected chi connectivity index (χ4v) is 1.36. The quantitative estimate of drug-likeness (QED) is 0.622. The fraction of sp³-hybridized carbons (Fsp3) is 0. The van der Waals surface area contributed by atoms with Crippen molar-refractivity contribution in [2.45, 2.75) is 0 Å². The molecule has 0 bridgehead atoms. The highest BCUT2D eigenvalue weighted by Gasteiger charge is 1.92. The van der Waals surface area contributed by atoms with Crippen LogP contribution >= 0.6 is 0 Å². The molecule has 0 fully saturated rings. The van der Waals surface area contributed by atoms with Gasteiger partial charge in [0.2, 0.25) is 0 Å². The van der Waals surface area contributed by atoms with Gasteiger partial charge in [-0.1, -0.05) is 60.9 Å². The molecule has 0 aliphatic carbocycles. The van der Waals surface area contributed by atoms with Gasteiger partial charge in [-0.3, -0.25) is 0 Å². The summed E-state index contributed by atoms with van der Waals surface area (Å²) >= 11 is 0. The maximum absolute atomic E-state index is 5.52. The molecule has 0 aliphatic heterocycles. The Bertz CT molecular complexity index is 539. The molecule has 0 atom stereocenters. The van der Waals surface area contributed by atoms with Crippen LogP contribution in [0.1, 0.15) is 16.7 Å². The third kappa shape index (κ3) is 2.40. The molecular weight excluding hydrogens is 192 g/mol. The molecule has 0 spiro atoms. The van der Waals surface area contributed by atoms with Crippen LogP contribution in [0.2, 0.25) is 0 Å². The van der Waals surface area contributed by atoms with Gasteiger partial charge in [-0.25, -0.2) is 0 Å². The van der Waals surface area contributed by atoms with Crippen LogP contribution < -0.4 is 0 Å². The monoisotopic (exact) mass is 202 g/mol. The zero-order valence-corrected chi connectivity index (χ0v) is 8.77. The van der Waals surface area contributed by atoms with Gasteiger partial charge in [-0.05, 0) is 23.8 Å². The van der Waals surface area contributed by atoms with Crippen LogP contribution in [0.5, 0.6) is 0 Å². The maximum atomic E-state index is 5.52. The second kappa shape index (κ2) is 5.00. The van der Waals surface area contributed by atoms with E-state index in [1.165, 1.54) is 0 Å². The molecule has 0 heterocycles. The predicted molar refractivity (Wildman–Crippen MR) is 66.5 cm³/mol. The van der Waals surface area contributed by atoms with E-state index in [9.17, 15) is 0 Å². The lowest BCUT2D eigenvalue weighted by Gasteiger charge is -1.95. The average molecular weight is 202 g/mol. The zero-order valence-electron chi connectivity index (χ0n) is 8.77. The van der Waals surface area contributed by atoms with E-state index in [2.05, 4.69) is 17.9 Å². The van der Waals surface area contributed by atoms with Crippen molar-refractivity contribution in [3.8, 4) is 11.8 Å². The molecule has 2 aromatic rings. The van der Waals surface area contributed by atoms with Crippen molar-refractivity contribution in [3.63, 3.8) is 0 Å². The highest BCUT2D eigenvalue weighted by atomic mass is 14.0. The summed E-state index contributed by atoms with van der Waals surface area (Å²) in [6.07, 6.45) is 1.57. The minimum absolute atomic E-state index is 0.884. The molecule has 0 nitrogen and oxygen atoms in total. The summed E-state index contributed by atoms with van der Waals surface area (Å²) in [5, 5.41) is 0. The van der Waals surface area contributed by atoms with Gasteiger partial charge < -0.3 is 0 Å². The lowest BCUT2D eigenvalue weighted by Crippen LogP contribution is -1.80. The van der Waals surface area contributed by atoms with Crippen LogP contribution in [0.15, 0.2) is 48.5 Å². The van der Waals surface area contributed by atoms with Crippen molar-refractivity contribution in [2.75, 3.05) is 0 Å². The molecule has 2 rings (SSSR count). The molecule has 0 unspecified atom stereocenters. The molecule has 0 N–H and O–H groups in total. The molecule has 0 amide bonds. The first kappa shape index (κ1) is 10.3. The number of benzene rings is 2. The van der Waals surface area contributed by atoms with Crippen LogP contribution in [-0.2, 0) is 0 Å². The Morgan fingerprint density at radius 2 is 1.81 bits per heavy atom. The van der Waals surface area contributed by atoms with E-state index in [1.54, 1.807) is 6.08 Å². The standard InChI is InChI=1S/C16H10/c1-2-15-10-6-7-11-16(15)13-12-14-8-4-3-5-9-14/h1-8,10-11H. The highest BCUT2D eigenvalue weighted by Crippen LogP contribution is 2.08. The maximum Gasteiger partial charge on any atom is 0.0327 e. The summed E-state index contributed by atoms with van der Waals surface area (Å²) in [5.74, 6) is 6.14. The first-order valence-corrected chi connectivity index (χ1v) is 5.03. The Morgan fingerprint density at radius 3 is 2.56 bits per heavy atom. The van der Waals surface area contributed by atoms with Crippen molar-refractivity contribution in [2.24, 2.45) is 0 Å². The molecule has 0 saturated heterocycles. The third-order valence-corrected chi connectivity index (χ3v) is 2.18. The number of hydrogen-bond acceptors (Lipinski definition) is 0. The lowest BCUT2D eigenvalue weighted by atomic mass is 10.1. The molecule has 0 heteroatoms. The third-order valence-electron chi connectivity index (χ3n) is 2.18. The SMILES string of the molecule is [CH]=Cc1ccccc1C#Cc1[c]cccc1. The van der Waals surface area contributed by atoms with Gasteiger partial charge in [-0.15, -0.1) is 0 Å². The molecule has 0 aliphatic rings. The minimum Gasteiger partial charge on any atom is -0.0616 e. The second-order valence-electron chi connectivity index (χ2n) is 3.28. The Kier molecular flexibility index (Phi) is 3.21. The molecule has 74 valence electrons. The Hall–Kier alpha value is -2.26. The van der Waals surface area contributed by atoms with Gasteiger partial charge in [0, 0.05) is 11.1 Å². The van der Waals surface area contributed by atoms with Crippen LogP contribution in [0, 0.1) is 24.5 Å². The van der Waals surface area contributed by atoms with Crippen molar-refractivity contribution >= 4 is 6.08 Å². The van der Waals surface area contributed by atoms with Crippen LogP contribution in [0.3, 0.4) is 0 Å². The van der Waals surface area contributed by atoms with Gasteiger partial charge >= 0.3 is 0 Å². The first-order chi connectivity index (χ1) is 7.90. The van der Waals surface area contributed by atoms with Crippen molar-refractivity contribution in [1.29, 1.82) is 0 Å². The van der Waals surface area contributed by atoms with Gasteiger partial charge in [0.25, 0.3) is 0 Å². The highest BCUT2D eigenvalue weighted by molar-refractivity contribution is 5.58. The summed E-state index contributed by atoms with van der Waals surface area (Å²) in [6, 6.07) is 18.5. The summed E-state index contributed by atoms with van der Waals surface area (Å²) in [4.78, 5) is 0. The van der Waals surface area contributed by atoms with E-state index in [4.69, 9.17) is 6.58 Å². The predicted octanol–water partition coefficient (Wildman–Crippen LogP) is 3.33. The van der Waals surface area contributed by atoms with E-state index < -0.39 is 0 Å². The Morgan fingerprint density at radius 1 is 1.00 bits per heavy atom. The van der Waals surface area contributed by atoms with Crippen LogP contribution in [0.4, 0.5) is 0 Å². The lowest BCUT2D eigenvalue weighted by molar-refractivity contribution is 1.59. The first-order valence-electron chi connectivity index (χ1n) is 5.03. The molecule has 2 aromatic carbocycles. The number of hydrogen-bond donors (Lipinski definition) is 0. The topological polar surface area (TPSA) is 0 Å². The molecular formula is C16H10. The van der Waals surface area contributed by atoms with Crippen LogP contribution in [0.25, 0.3) is 6.08 Å². The Balaban J connectivity index is 2.34. The van der Waals surface area contributed by atoms with E-state index in [0.29, 0.717) is 0 Å². The van der Waals surface area contributed by atoms with E-state index in [0.717, 1.165) is 16.7 Å². The summed E-state index contributed by atoms with van der Waals surface area (Å²) in [6.45, 7) is 5.52. The van der Waals surface area contributed by atoms with Gasteiger partial charge in [0.1, 0.15) is 0 Å². The summed E-state index contributed by atoms with van der Waals surface area (Å²) in [7, 11) is 0. The fourth-order valence-electron chi connectivity index (χ4n) is 1.36. The smallest absolute Gasteiger partial charge is 0.0327 e. The normalized spacial score (nSPS) is 9.00. The van der Waals surface area contributed by atoms with Crippen LogP contribution in [-0.4, -0.2) is 0 Å². The Labute approximate surface area is 96.3 Å². The molecule has 0 saturated carbocycles. The zero-order chi connectivity index (χ0) is 11.2. The second-order valence-corrected chi connectivity index (χ2v) is 3.28. The largest absolute Gasteiger partial charge is 0.0616 e. The van der Waals surface area contributed by atoms with E-state index in [-0.39, 0.29) is 0 Å². The molecule has 2 radical (unpaired) electrons. The van der Waals surface area contributed by atoms with Gasteiger partial charge in [-0.2, -0.15) is 0 Å². The van der Waals surface area contributed by atoms with E-state index in [1.807, 2.05) is 48.5 Å². The minimum atomic E-state index is 0.884. The number of rotatable bonds is 1. The van der Waals surface area contributed by atoms with Gasteiger partial charge in [0.05, 0.1) is 0 Å². The van der Waals surface area contributed by atoms with Gasteiger partial charge in [0.15, 0.2) is 0 Å². The molecule has 0 aromatic heterocycles. The van der Waals surface area contributed by atoms with Crippen molar-refractivity contribution in [1.82, 2.24) is 0 Å². The van der Waals surface area contributed by atoms with Crippen molar-refractivity contribution in [3.05, 3.63) is 77.9 Å².